The van der Waals surface area contributed by atoms with Crippen LogP contribution < -0.4 is 4.74 Å². The van der Waals surface area contributed by atoms with Crippen LogP contribution in [0.3, 0.4) is 0 Å². The minimum Gasteiger partial charge on any atom is -0.494 e. The zero-order valence-electron chi connectivity index (χ0n) is 15.8. The van der Waals surface area contributed by atoms with Crippen molar-refractivity contribution < 1.29 is 33.0 Å². The van der Waals surface area contributed by atoms with Gasteiger partial charge in [0.1, 0.15) is 6.61 Å². The number of hydrogen-bond donors (Lipinski definition) is 2. The summed E-state index contributed by atoms with van der Waals surface area (Å²) < 4.78 is 44.2. The Morgan fingerprint density at radius 3 is 2.27 bits per heavy atom. The molecule has 0 unspecified atom stereocenters. The van der Waals surface area contributed by atoms with Crippen LogP contribution in [0.4, 0.5) is 13.2 Å². The Morgan fingerprint density at radius 1 is 1.03 bits per heavy atom. The van der Waals surface area contributed by atoms with E-state index in [2.05, 4.69) is 10.1 Å². The zero-order chi connectivity index (χ0) is 21.7. The van der Waals surface area contributed by atoms with Crippen LogP contribution in [0.5, 0.6) is 17.6 Å². The Kier molecular flexibility index (Phi) is 6.14. The zero-order valence-corrected chi connectivity index (χ0v) is 15.8. The Balaban J connectivity index is 1.53. The number of alkyl halides is 3. The van der Waals surface area contributed by atoms with Crippen LogP contribution in [-0.4, -0.2) is 25.5 Å². The Hall–Kier alpha value is -3.69. The largest absolute Gasteiger partial charge is 0.494 e. The summed E-state index contributed by atoms with van der Waals surface area (Å²) in [7, 11) is 0. The van der Waals surface area contributed by atoms with Gasteiger partial charge in [-0.05, 0) is 30.7 Å². The van der Waals surface area contributed by atoms with E-state index in [9.17, 15) is 23.4 Å². The highest BCUT2D eigenvalue weighted by molar-refractivity contribution is 5.98. The van der Waals surface area contributed by atoms with E-state index in [-0.39, 0.29) is 31.0 Å². The van der Waals surface area contributed by atoms with Crippen LogP contribution in [0.1, 0.15) is 23.6 Å². The van der Waals surface area contributed by atoms with E-state index in [1.165, 1.54) is 30.5 Å². The van der Waals surface area contributed by atoms with Crippen LogP contribution >= 0.6 is 0 Å². The van der Waals surface area contributed by atoms with E-state index in [0.717, 1.165) is 16.7 Å². The molecule has 0 bridgehead atoms. The first-order chi connectivity index (χ1) is 14.2. The van der Waals surface area contributed by atoms with Gasteiger partial charge in [0.2, 0.25) is 5.88 Å². The van der Waals surface area contributed by atoms with Crippen LogP contribution in [0.2, 0.25) is 0 Å². The number of rotatable bonds is 7. The fourth-order valence-electron chi connectivity index (χ4n) is 2.44. The number of oxime groups is 1. The molecule has 2 N–H and O–H groups in total. The Labute approximate surface area is 169 Å². The highest BCUT2D eigenvalue weighted by atomic mass is 19.4. The predicted molar refractivity (Wildman–Crippen MR) is 101 cm³/mol. The fraction of sp³-hybridized carbons (Fsp3) is 0.200. The highest BCUT2D eigenvalue weighted by Crippen LogP contribution is 2.29. The summed E-state index contributed by atoms with van der Waals surface area (Å²) >= 11 is 0. The number of ether oxygens (including phenoxy) is 1. The molecule has 158 valence electrons. The topological polar surface area (TPSA) is 89.1 Å². The number of pyridine rings is 1. The molecule has 7 nitrogen and oxygen atoms in total. The second-order valence-electron chi connectivity index (χ2n) is 6.28. The van der Waals surface area contributed by atoms with Gasteiger partial charge in [0, 0.05) is 30.0 Å². The minimum absolute atomic E-state index is 0.0218. The molecule has 0 saturated heterocycles. The van der Waals surface area contributed by atoms with Crippen LogP contribution in [-0.2, 0) is 24.4 Å². The van der Waals surface area contributed by atoms with Crippen LogP contribution in [0.25, 0.3) is 0 Å². The van der Waals surface area contributed by atoms with Crippen molar-refractivity contribution in [3.63, 3.8) is 0 Å². The summed E-state index contributed by atoms with van der Waals surface area (Å²) in [6.07, 6.45) is -2.87. The standard InChI is InChI=1S/C20H18F3N3O4/c1-13(25-30-11-14-2-5-16(6-3-14)20(21,22)23)15-4-7-17(24-10-15)29-12-26-18(27)8-9-19(26)28/h2-10,27-28H,11-12H2,1H3. The molecule has 1 aromatic carbocycles. The molecule has 0 amide bonds. The van der Waals surface area contributed by atoms with Gasteiger partial charge in [-0.25, -0.2) is 9.55 Å². The summed E-state index contributed by atoms with van der Waals surface area (Å²) in [6.45, 7) is 1.59. The monoisotopic (exact) mass is 421 g/mol. The Morgan fingerprint density at radius 2 is 1.70 bits per heavy atom. The number of nitrogens with zero attached hydrogens (tertiary/aromatic N) is 3. The van der Waals surface area contributed by atoms with Gasteiger partial charge in [0.05, 0.1) is 11.3 Å². The van der Waals surface area contributed by atoms with E-state index in [0.29, 0.717) is 16.8 Å². The summed E-state index contributed by atoms with van der Waals surface area (Å²) in [5, 5.41) is 23.1. The van der Waals surface area contributed by atoms with Gasteiger partial charge in [-0.2, -0.15) is 13.2 Å². The third-order valence-corrected chi connectivity index (χ3v) is 4.14. The molecule has 0 aliphatic carbocycles. The SMILES string of the molecule is CC(=NOCc1ccc(C(F)(F)F)cc1)c1ccc(OCn2c(O)ccc2O)nc1. The highest BCUT2D eigenvalue weighted by Gasteiger charge is 2.29. The third-order valence-electron chi connectivity index (χ3n) is 4.14. The molecule has 0 saturated carbocycles. The van der Waals surface area contributed by atoms with E-state index in [4.69, 9.17) is 9.57 Å². The molecule has 0 aliphatic rings. The molecule has 3 aromatic rings. The van der Waals surface area contributed by atoms with E-state index in [1.54, 1.807) is 19.1 Å². The molecule has 3 rings (SSSR count). The number of benzene rings is 1. The first kappa shape index (κ1) is 21.0. The van der Waals surface area contributed by atoms with Crippen molar-refractivity contribution in [2.75, 3.05) is 0 Å². The quantitative estimate of drug-likeness (QED) is 0.439. The average molecular weight is 421 g/mol. The van der Waals surface area contributed by atoms with Crippen molar-refractivity contribution in [3.8, 4) is 17.6 Å². The maximum Gasteiger partial charge on any atom is 0.416 e. The maximum absolute atomic E-state index is 12.6. The number of aromatic hydroxyl groups is 2. The van der Waals surface area contributed by atoms with Crippen molar-refractivity contribution in [2.24, 2.45) is 5.16 Å². The lowest BCUT2D eigenvalue weighted by molar-refractivity contribution is -0.137. The van der Waals surface area contributed by atoms with Crippen molar-refractivity contribution in [3.05, 3.63) is 71.4 Å². The summed E-state index contributed by atoms with van der Waals surface area (Å²) in [5.41, 5.74) is 1.00. The molecule has 30 heavy (non-hydrogen) atoms. The third kappa shape index (κ3) is 5.22. The van der Waals surface area contributed by atoms with Crippen molar-refractivity contribution in [1.82, 2.24) is 9.55 Å². The van der Waals surface area contributed by atoms with E-state index < -0.39 is 11.7 Å². The second-order valence-corrected chi connectivity index (χ2v) is 6.28. The average Bonchev–Trinajstić information content (AvgIpc) is 3.04. The molecule has 0 radical (unpaired) electrons. The maximum atomic E-state index is 12.6. The number of aromatic nitrogens is 2. The first-order valence-electron chi connectivity index (χ1n) is 8.73. The number of halogens is 3. The predicted octanol–water partition coefficient (Wildman–Crippen LogP) is 4.29. The summed E-state index contributed by atoms with van der Waals surface area (Å²) in [4.78, 5) is 9.32. The van der Waals surface area contributed by atoms with Crippen molar-refractivity contribution >= 4 is 5.71 Å². The van der Waals surface area contributed by atoms with Crippen molar-refractivity contribution in [1.29, 1.82) is 0 Å². The molecule has 0 fully saturated rings. The molecular formula is C20H18F3N3O4. The van der Waals surface area contributed by atoms with Crippen LogP contribution in [0, 0.1) is 0 Å². The first-order valence-corrected chi connectivity index (χ1v) is 8.73. The molecule has 2 heterocycles. The van der Waals surface area contributed by atoms with Gasteiger partial charge in [-0.15, -0.1) is 0 Å². The molecular weight excluding hydrogens is 403 g/mol. The van der Waals surface area contributed by atoms with Gasteiger partial charge in [-0.1, -0.05) is 17.3 Å². The lowest BCUT2D eigenvalue weighted by Gasteiger charge is -2.09. The van der Waals surface area contributed by atoms with Gasteiger partial charge in [0.25, 0.3) is 0 Å². The van der Waals surface area contributed by atoms with Gasteiger partial charge >= 0.3 is 6.18 Å². The smallest absolute Gasteiger partial charge is 0.416 e. The lowest BCUT2D eigenvalue weighted by atomic mass is 10.1. The van der Waals surface area contributed by atoms with Gasteiger partial charge in [0.15, 0.2) is 18.5 Å². The molecule has 0 spiro atoms. The molecule has 0 aliphatic heterocycles. The van der Waals surface area contributed by atoms with Crippen molar-refractivity contribution in [2.45, 2.75) is 26.4 Å². The normalized spacial score (nSPS) is 12.1. The van der Waals surface area contributed by atoms with Gasteiger partial charge < -0.3 is 19.8 Å². The van der Waals surface area contributed by atoms with Crippen LogP contribution in [0.15, 0.2) is 59.9 Å². The molecule has 10 heteroatoms. The second kappa shape index (κ2) is 8.76. The lowest BCUT2D eigenvalue weighted by Crippen LogP contribution is -2.05. The van der Waals surface area contributed by atoms with Gasteiger partial charge in [-0.3, -0.25) is 0 Å². The summed E-state index contributed by atoms with van der Waals surface area (Å²) in [5.74, 6) is -0.0145. The fourth-order valence-corrected chi connectivity index (χ4v) is 2.44. The van der Waals surface area contributed by atoms with E-state index in [1.807, 2.05) is 0 Å². The Bertz CT molecular complexity index is 994. The summed E-state index contributed by atoms with van der Waals surface area (Å²) in [6, 6.07) is 10.6. The minimum atomic E-state index is -4.38. The number of hydrogen-bond acceptors (Lipinski definition) is 6. The molecule has 0 atom stereocenters. The van der Waals surface area contributed by atoms with E-state index >= 15 is 0 Å². The molecule has 2 aromatic heterocycles.